The highest BCUT2D eigenvalue weighted by molar-refractivity contribution is 5.78. The molecule has 1 aromatic heterocycles. The minimum atomic E-state index is -0.814. The highest BCUT2D eigenvalue weighted by atomic mass is 16.5. The third-order valence-electron chi connectivity index (χ3n) is 2.72. The van der Waals surface area contributed by atoms with Crippen LogP contribution in [-0.4, -0.2) is 40.2 Å². The molecule has 6 nitrogen and oxygen atoms in total. The van der Waals surface area contributed by atoms with Gasteiger partial charge >= 0.3 is 5.97 Å². The number of carboxylic acids is 1. The predicted octanol–water partition coefficient (Wildman–Crippen LogP) is 0.929. The zero-order valence-corrected chi connectivity index (χ0v) is 9.67. The Morgan fingerprint density at radius 2 is 2.47 bits per heavy atom. The summed E-state index contributed by atoms with van der Waals surface area (Å²) in [5.41, 5.74) is 0. The molecule has 0 aromatic carbocycles. The number of carbonyl (C=O) groups is 1. The van der Waals surface area contributed by atoms with Gasteiger partial charge in [0.2, 0.25) is 5.88 Å². The van der Waals surface area contributed by atoms with Gasteiger partial charge in [0.25, 0.3) is 0 Å². The van der Waals surface area contributed by atoms with Crippen molar-refractivity contribution in [1.29, 1.82) is 0 Å². The fraction of sp³-hybridized carbons (Fsp3) is 0.545. The SMILES string of the molecule is CCOc1cncc(N2CCC[C@@H]2C(=O)O)n1. The second kappa shape index (κ2) is 4.99. The van der Waals surface area contributed by atoms with E-state index in [2.05, 4.69) is 9.97 Å². The van der Waals surface area contributed by atoms with Crippen molar-refractivity contribution in [1.82, 2.24) is 9.97 Å². The quantitative estimate of drug-likeness (QED) is 0.839. The molecule has 6 heteroatoms. The van der Waals surface area contributed by atoms with Gasteiger partial charge in [0.15, 0.2) is 5.82 Å². The van der Waals surface area contributed by atoms with Crippen molar-refractivity contribution in [2.75, 3.05) is 18.1 Å². The smallest absolute Gasteiger partial charge is 0.326 e. The average molecular weight is 237 g/mol. The first-order chi connectivity index (χ1) is 8.22. The fourth-order valence-corrected chi connectivity index (χ4v) is 1.99. The average Bonchev–Trinajstić information content (AvgIpc) is 2.79. The molecule has 1 aliphatic rings. The van der Waals surface area contributed by atoms with E-state index in [1.54, 1.807) is 11.1 Å². The Balaban J connectivity index is 2.21. The van der Waals surface area contributed by atoms with E-state index in [1.165, 1.54) is 6.20 Å². The molecule has 92 valence electrons. The maximum absolute atomic E-state index is 11.1. The van der Waals surface area contributed by atoms with Crippen LogP contribution in [0.5, 0.6) is 5.88 Å². The molecule has 17 heavy (non-hydrogen) atoms. The largest absolute Gasteiger partial charge is 0.480 e. The maximum atomic E-state index is 11.1. The molecule has 1 atom stereocenters. The van der Waals surface area contributed by atoms with Gasteiger partial charge in [-0.25, -0.2) is 4.79 Å². The van der Waals surface area contributed by atoms with Crippen LogP contribution in [0.2, 0.25) is 0 Å². The maximum Gasteiger partial charge on any atom is 0.326 e. The molecule has 1 saturated heterocycles. The number of anilines is 1. The number of hydrogen-bond acceptors (Lipinski definition) is 5. The van der Waals surface area contributed by atoms with Crippen LogP contribution in [0.15, 0.2) is 12.4 Å². The second-order valence-corrected chi connectivity index (χ2v) is 3.84. The summed E-state index contributed by atoms with van der Waals surface area (Å²) in [6.45, 7) is 3.08. The molecule has 0 aliphatic carbocycles. The van der Waals surface area contributed by atoms with Crippen molar-refractivity contribution in [2.24, 2.45) is 0 Å². The molecule has 0 bridgehead atoms. The van der Waals surface area contributed by atoms with Crippen molar-refractivity contribution < 1.29 is 14.6 Å². The van der Waals surface area contributed by atoms with Crippen molar-refractivity contribution in [2.45, 2.75) is 25.8 Å². The Morgan fingerprint density at radius 1 is 1.65 bits per heavy atom. The van der Waals surface area contributed by atoms with Gasteiger partial charge in [0.1, 0.15) is 6.04 Å². The summed E-state index contributed by atoms with van der Waals surface area (Å²) in [5, 5.41) is 9.10. The van der Waals surface area contributed by atoms with Crippen molar-refractivity contribution in [3.63, 3.8) is 0 Å². The molecule has 1 fully saturated rings. The monoisotopic (exact) mass is 237 g/mol. The molecule has 2 rings (SSSR count). The normalized spacial score (nSPS) is 19.4. The van der Waals surface area contributed by atoms with Gasteiger partial charge in [-0.05, 0) is 19.8 Å². The van der Waals surface area contributed by atoms with Crippen LogP contribution in [-0.2, 0) is 4.79 Å². The summed E-state index contributed by atoms with van der Waals surface area (Å²) in [7, 11) is 0. The topological polar surface area (TPSA) is 75.5 Å². The van der Waals surface area contributed by atoms with Crippen molar-refractivity contribution in [3.05, 3.63) is 12.4 Å². The highest BCUT2D eigenvalue weighted by Gasteiger charge is 2.31. The number of ether oxygens (including phenoxy) is 1. The first kappa shape index (κ1) is 11.6. The number of hydrogen-bond donors (Lipinski definition) is 1. The molecule has 2 heterocycles. The minimum absolute atomic E-state index is 0.432. The highest BCUT2D eigenvalue weighted by Crippen LogP contribution is 2.24. The number of nitrogens with zero attached hydrogens (tertiary/aromatic N) is 3. The lowest BCUT2D eigenvalue weighted by atomic mass is 10.2. The van der Waals surface area contributed by atoms with Crippen LogP contribution in [0.4, 0.5) is 5.82 Å². The molecule has 0 saturated carbocycles. The van der Waals surface area contributed by atoms with Gasteiger partial charge in [-0.3, -0.25) is 4.98 Å². The number of carboxylic acid groups (broad SMARTS) is 1. The van der Waals surface area contributed by atoms with Gasteiger partial charge in [-0.2, -0.15) is 4.98 Å². The van der Waals surface area contributed by atoms with Gasteiger partial charge in [0, 0.05) is 6.54 Å². The summed E-state index contributed by atoms with van der Waals surface area (Å²) in [6.07, 6.45) is 4.61. The van der Waals surface area contributed by atoms with Crippen LogP contribution in [0.1, 0.15) is 19.8 Å². The molecule has 0 spiro atoms. The zero-order valence-electron chi connectivity index (χ0n) is 9.67. The number of aromatic nitrogens is 2. The molecule has 0 amide bonds. The lowest BCUT2D eigenvalue weighted by molar-refractivity contribution is -0.138. The lowest BCUT2D eigenvalue weighted by Crippen LogP contribution is -2.36. The van der Waals surface area contributed by atoms with Gasteiger partial charge in [0.05, 0.1) is 19.0 Å². The van der Waals surface area contributed by atoms with E-state index in [-0.39, 0.29) is 0 Å². The zero-order chi connectivity index (χ0) is 12.3. The summed E-state index contributed by atoms with van der Waals surface area (Å²) in [6, 6.07) is -0.499. The minimum Gasteiger partial charge on any atom is -0.480 e. The lowest BCUT2D eigenvalue weighted by Gasteiger charge is -2.22. The van der Waals surface area contributed by atoms with Crippen LogP contribution in [0.25, 0.3) is 0 Å². The van der Waals surface area contributed by atoms with Crippen LogP contribution in [0, 0.1) is 0 Å². The Labute approximate surface area is 99.2 Å². The van der Waals surface area contributed by atoms with Gasteiger partial charge in [-0.1, -0.05) is 0 Å². The Bertz CT molecular complexity index is 411. The van der Waals surface area contributed by atoms with Crippen LogP contribution < -0.4 is 9.64 Å². The Morgan fingerprint density at radius 3 is 3.18 bits per heavy atom. The number of aliphatic carboxylic acids is 1. The van der Waals surface area contributed by atoms with E-state index in [9.17, 15) is 4.79 Å². The molecule has 1 aromatic rings. The van der Waals surface area contributed by atoms with E-state index in [4.69, 9.17) is 9.84 Å². The molecular weight excluding hydrogens is 222 g/mol. The van der Waals surface area contributed by atoms with Gasteiger partial charge in [-0.15, -0.1) is 0 Å². The molecule has 1 N–H and O–H groups in total. The van der Waals surface area contributed by atoms with E-state index in [0.29, 0.717) is 31.3 Å². The molecular formula is C11H15N3O3. The number of rotatable bonds is 4. The Kier molecular flexibility index (Phi) is 3.41. The van der Waals surface area contributed by atoms with Gasteiger partial charge < -0.3 is 14.7 Å². The third kappa shape index (κ3) is 2.46. The summed E-state index contributed by atoms with van der Waals surface area (Å²) >= 11 is 0. The standard InChI is InChI=1S/C11H15N3O3/c1-2-17-10-7-12-6-9(13-10)14-5-3-4-8(14)11(15)16/h6-8H,2-5H2,1H3,(H,15,16)/t8-/m1/s1. The van der Waals surface area contributed by atoms with Crippen molar-refractivity contribution in [3.8, 4) is 5.88 Å². The third-order valence-corrected chi connectivity index (χ3v) is 2.72. The Hall–Kier alpha value is -1.85. The first-order valence-electron chi connectivity index (χ1n) is 5.66. The molecule has 0 radical (unpaired) electrons. The summed E-state index contributed by atoms with van der Waals surface area (Å²) in [5.74, 6) is 0.188. The predicted molar refractivity (Wildman–Crippen MR) is 61.2 cm³/mol. The molecule has 0 unspecified atom stereocenters. The van der Waals surface area contributed by atoms with Crippen LogP contribution in [0.3, 0.4) is 0 Å². The summed E-state index contributed by atoms with van der Waals surface area (Å²) < 4.78 is 5.25. The second-order valence-electron chi connectivity index (χ2n) is 3.84. The van der Waals surface area contributed by atoms with E-state index < -0.39 is 12.0 Å². The van der Waals surface area contributed by atoms with Crippen LogP contribution >= 0.6 is 0 Å². The van der Waals surface area contributed by atoms with E-state index >= 15 is 0 Å². The molecule has 1 aliphatic heterocycles. The first-order valence-corrected chi connectivity index (χ1v) is 5.66. The fourth-order valence-electron chi connectivity index (χ4n) is 1.99. The van der Waals surface area contributed by atoms with Crippen molar-refractivity contribution >= 4 is 11.8 Å². The van der Waals surface area contributed by atoms with E-state index in [1.807, 2.05) is 6.92 Å². The summed E-state index contributed by atoms with van der Waals surface area (Å²) in [4.78, 5) is 21.1. The van der Waals surface area contributed by atoms with E-state index in [0.717, 1.165) is 6.42 Å².